The summed E-state index contributed by atoms with van der Waals surface area (Å²) >= 11 is 5.76. The van der Waals surface area contributed by atoms with Gasteiger partial charge < -0.3 is 5.32 Å². The predicted molar refractivity (Wildman–Crippen MR) is 69.0 cm³/mol. The molecule has 1 aromatic carbocycles. The van der Waals surface area contributed by atoms with Crippen molar-refractivity contribution >= 4 is 11.6 Å². The zero-order valence-corrected chi connectivity index (χ0v) is 10.7. The van der Waals surface area contributed by atoms with Gasteiger partial charge in [0.25, 0.3) is 0 Å². The molecule has 0 saturated heterocycles. The average molecular weight is 266 g/mol. The standard InChI is InChI=1S/C13H13ClFN3/c1-2-17-13(12-5-6-16-8-18-12)10-4-3-9(14)7-11(10)15/h3-8,13,17H,2H2,1H3. The summed E-state index contributed by atoms with van der Waals surface area (Å²) in [6.45, 7) is 2.67. The third-order valence-electron chi connectivity index (χ3n) is 2.58. The number of hydrogen-bond acceptors (Lipinski definition) is 3. The molecular weight excluding hydrogens is 253 g/mol. The third kappa shape index (κ3) is 2.83. The molecule has 18 heavy (non-hydrogen) atoms. The Labute approximate surface area is 110 Å². The van der Waals surface area contributed by atoms with Gasteiger partial charge in [0, 0.05) is 16.8 Å². The van der Waals surface area contributed by atoms with Crippen LogP contribution >= 0.6 is 11.6 Å². The van der Waals surface area contributed by atoms with Crippen molar-refractivity contribution in [3.05, 3.63) is 58.9 Å². The summed E-state index contributed by atoms with van der Waals surface area (Å²) in [5.41, 5.74) is 1.26. The summed E-state index contributed by atoms with van der Waals surface area (Å²) in [6.07, 6.45) is 3.09. The van der Waals surface area contributed by atoms with E-state index in [0.29, 0.717) is 17.1 Å². The SMILES string of the molecule is CCNC(c1ccncn1)c1ccc(Cl)cc1F. The highest BCUT2D eigenvalue weighted by Crippen LogP contribution is 2.24. The summed E-state index contributed by atoms with van der Waals surface area (Å²) in [5.74, 6) is -0.341. The molecule has 5 heteroatoms. The van der Waals surface area contributed by atoms with Crippen LogP contribution in [0.15, 0.2) is 36.8 Å². The number of aromatic nitrogens is 2. The molecule has 2 rings (SSSR count). The second-order valence-electron chi connectivity index (χ2n) is 3.79. The zero-order chi connectivity index (χ0) is 13.0. The van der Waals surface area contributed by atoms with Crippen LogP contribution in [0.1, 0.15) is 24.2 Å². The third-order valence-corrected chi connectivity index (χ3v) is 2.82. The van der Waals surface area contributed by atoms with Crippen molar-refractivity contribution in [3.63, 3.8) is 0 Å². The van der Waals surface area contributed by atoms with Crippen molar-refractivity contribution in [1.29, 1.82) is 0 Å². The van der Waals surface area contributed by atoms with Crippen LogP contribution in [0.2, 0.25) is 5.02 Å². The van der Waals surface area contributed by atoms with Crippen molar-refractivity contribution in [2.45, 2.75) is 13.0 Å². The van der Waals surface area contributed by atoms with Gasteiger partial charge in [-0.3, -0.25) is 0 Å². The van der Waals surface area contributed by atoms with E-state index in [4.69, 9.17) is 11.6 Å². The van der Waals surface area contributed by atoms with Crippen LogP contribution in [0, 0.1) is 5.82 Å². The minimum Gasteiger partial charge on any atom is -0.305 e. The summed E-state index contributed by atoms with van der Waals surface area (Å²) in [6, 6.07) is 6.12. The van der Waals surface area contributed by atoms with E-state index in [1.165, 1.54) is 12.4 Å². The molecule has 94 valence electrons. The Morgan fingerprint density at radius 1 is 1.39 bits per heavy atom. The molecule has 0 bridgehead atoms. The van der Waals surface area contributed by atoms with E-state index in [1.54, 1.807) is 24.4 Å². The van der Waals surface area contributed by atoms with Crippen LogP contribution in [0.3, 0.4) is 0 Å². The van der Waals surface area contributed by atoms with Gasteiger partial charge in [-0.05, 0) is 24.7 Å². The van der Waals surface area contributed by atoms with Gasteiger partial charge in [0.15, 0.2) is 0 Å². The maximum atomic E-state index is 13.9. The molecular formula is C13H13ClFN3. The molecule has 0 fully saturated rings. The Balaban J connectivity index is 2.41. The maximum absolute atomic E-state index is 13.9. The number of nitrogens with zero attached hydrogens (tertiary/aromatic N) is 2. The Kier molecular flexibility index (Phi) is 4.23. The Bertz CT molecular complexity index is 519. The van der Waals surface area contributed by atoms with E-state index in [0.717, 1.165) is 5.69 Å². The molecule has 0 aliphatic heterocycles. The number of benzene rings is 1. The Morgan fingerprint density at radius 2 is 2.22 bits per heavy atom. The summed E-state index contributed by atoms with van der Waals surface area (Å²) < 4.78 is 13.9. The second-order valence-corrected chi connectivity index (χ2v) is 4.23. The minimum absolute atomic E-state index is 0.296. The second kappa shape index (κ2) is 5.89. The van der Waals surface area contributed by atoms with Crippen molar-refractivity contribution in [1.82, 2.24) is 15.3 Å². The first-order chi connectivity index (χ1) is 8.72. The van der Waals surface area contributed by atoms with Gasteiger partial charge in [-0.1, -0.05) is 24.6 Å². The van der Waals surface area contributed by atoms with Gasteiger partial charge in [0.1, 0.15) is 12.1 Å². The van der Waals surface area contributed by atoms with Gasteiger partial charge in [0.05, 0.1) is 11.7 Å². The van der Waals surface area contributed by atoms with Crippen molar-refractivity contribution in [2.24, 2.45) is 0 Å². The lowest BCUT2D eigenvalue weighted by molar-refractivity contribution is 0.551. The molecule has 1 N–H and O–H groups in total. The fourth-order valence-corrected chi connectivity index (χ4v) is 1.94. The molecule has 1 heterocycles. The normalized spacial score (nSPS) is 12.4. The minimum atomic E-state index is -0.341. The summed E-state index contributed by atoms with van der Waals surface area (Å²) in [4.78, 5) is 8.03. The molecule has 1 aromatic heterocycles. The van der Waals surface area contributed by atoms with Gasteiger partial charge >= 0.3 is 0 Å². The van der Waals surface area contributed by atoms with Crippen LogP contribution in [0.25, 0.3) is 0 Å². The van der Waals surface area contributed by atoms with E-state index < -0.39 is 0 Å². The Hall–Kier alpha value is -1.52. The molecule has 0 amide bonds. The zero-order valence-electron chi connectivity index (χ0n) is 9.90. The van der Waals surface area contributed by atoms with Gasteiger partial charge in [0.2, 0.25) is 0 Å². The van der Waals surface area contributed by atoms with Crippen molar-refractivity contribution in [3.8, 4) is 0 Å². The van der Waals surface area contributed by atoms with Crippen LogP contribution in [-0.2, 0) is 0 Å². The molecule has 1 unspecified atom stereocenters. The lowest BCUT2D eigenvalue weighted by Gasteiger charge is -2.18. The molecule has 2 aromatic rings. The molecule has 0 spiro atoms. The molecule has 0 saturated carbocycles. The lowest BCUT2D eigenvalue weighted by Crippen LogP contribution is -2.23. The highest BCUT2D eigenvalue weighted by Gasteiger charge is 2.18. The van der Waals surface area contributed by atoms with E-state index in [9.17, 15) is 4.39 Å². The predicted octanol–water partition coefficient (Wildman–Crippen LogP) is 2.97. The first kappa shape index (κ1) is 12.9. The fraction of sp³-hybridized carbons (Fsp3) is 0.231. The summed E-state index contributed by atoms with van der Waals surface area (Å²) in [5, 5.41) is 3.59. The molecule has 1 atom stereocenters. The maximum Gasteiger partial charge on any atom is 0.129 e. The smallest absolute Gasteiger partial charge is 0.129 e. The average Bonchev–Trinajstić information content (AvgIpc) is 2.38. The van der Waals surface area contributed by atoms with Crippen molar-refractivity contribution in [2.75, 3.05) is 6.54 Å². The van der Waals surface area contributed by atoms with Crippen LogP contribution in [-0.4, -0.2) is 16.5 Å². The van der Waals surface area contributed by atoms with E-state index in [-0.39, 0.29) is 11.9 Å². The van der Waals surface area contributed by atoms with E-state index in [1.807, 2.05) is 6.92 Å². The first-order valence-corrected chi connectivity index (χ1v) is 6.04. The number of halogens is 2. The highest BCUT2D eigenvalue weighted by molar-refractivity contribution is 6.30. The monoisotopic (exact) mass is 265 g/mol. The largest absolute Gasteiger partial charge is 0.305 e. The molecule has 0 aliphatic rings. The molecule has 0 radical (unpaired) electrons. The van der Waals surface area contributed by atoms with Crippen molar-refractivity contribution < 1.29 is 4.39 Å². The summed E-state index contributed by atoms with van der Waals surface area (Å²) in [7, 11) is 0. The van der Waals surface area contributed by atoms with Gasteiger partial charge in [-0.15, -0.1) is 0 Å². The topological polar surface area (TPSA) is 37.8 Å². The molecule has 3 nitrogen and oxygen atoms in total. The van der Waals surface area contributed by atoms with E-state index in [2.05, 4.69) is 15.3 Å². The Morgan fingerprint density at radius 3 is 2.83 bits per heavy atom. The number of hydrogen-bond donors (Lipinski definition) is 1. The first-order valence-electron chi connectivity index (χ1n) is 5.66. The highest BCUT2D eigenvalue weighted by atomic mass is 35.5. The molecule has 0 aliphatic carbocycles. The van der Waals surface area contributed by atoms with Gasteiger partial charge in [-0.25, -0.2) is 14.4 Å². The fourth-order valence-electron chi connectivity index (χ4n) is 1.79. The lowest BCUT2D eigenvalue weighted by atomic mass is 10.0. The van der Waals surface area contributed by atoms with E-state index >= 15 is 0 Å². The van der Waals surface area contributed by atoms with Gasteiger partial charge in [-0.2, -0.15) is 0 Å². The number of rotatable bonds is 4. The van der Waals surface area contributed by atoms with Crippen LogP contribution < -0.4 is 5.32 Å². The number of nitrogens with one attached hydrogen (secondary N) is 1. The van der Waals surface area contributed by atoms with Crippen LogP contribution in [0.4, 0.5) is 4.39 Å². The quantitative estimate of drug-likeness (QED) is 0.924. The van der Waals surface area contributed by atoms with Crippen LogP contribution in [0.5, 0.6) is 0 Å².